The standard InChI is InChI=1S/C17H27O3P/c1-16(2,3)13-8-9-15(14(12-13)17(4,5)6)20-21-18-10-7-11-19-21/h8-9,12H,7,10-11H2,1-6H3. The molecule has 1 heterocycles. The van der Waals surface area contributed by atoms with Crippen molar-refractivity contribution in [3.8, 4) is 5.75 Å². The van der Waals surface area contributed by atoms with Crippen LogP contribution in [0.3, 0.4) is 0 Å². The lowest BCUT2D eigenvalue weighted by Gasteiger charge is -2.29. The highest BCUT2D eigenvalue weighted by Crippen LogP contribution is 2.46. The summed E-state index contributed by atoms with van der Waals surface area (Å²) in [4.78, 5) is 0. The quantitative estimate of drug-likeness (QED) is 0.691. The third-order valence-electron chi connectivity index (χ3n) is 3.51. The monoisotopic (exact) mass is 310 g/mol. The molecule has 3 nitrogen and oxygen atoms in total. The summed E-state index contributed by atoms with van der Waals surface area (Å²) in [6.07, 6.45) is 0.942. The first-order valence-corrected chi connectivity index (χ1v) is 8.66. The fraction of sp³-hybridized carbons (Fsp3) is 0.647. The molecule has 1 aromatic carbocycles. The molecule has 0 radical (unpaired) electrons. The molecule has 4 heteroatoms. The average Bonchev–Trinajstić information content (AvgIpc) is 2.38. The summed E-state index contributed by atoms with van der Waals surface area (Å²) in [7, 11) is -1.25. The van der Waals surface area contributed by atoms with Crippen LogP contribution in [0.4, 0.5) is 0 Å². The molecule has 0 amide bonds. The Balaban J connectivity index is 2.31. The highest BCUT2D eigenvalue weighted by molar-refractivity contribution is 7.42. The molecular weight excluding hydrogens is 283 g/mol. The SMILES string of the molecule is CC(C)(C)c1ccc(OP2OCCCO2)c(C(C)(C)C)c1. The van der Waals surface area contributed by atoms with E-state index in [9.17, 15) is 0 Å². The van der Waals surface area contributed by atoms with Gasteiger partial charge in [0.25, 0.3) is 0 Å². The van der Waals surface area contributed by atoms with Crippen LogP contribution in [0.25, 0.3) is 0 Å². The van der Waals surface area contributed by atoms with Crippen LogP contribution >= 0.6 is 8.60 Å². The maximum absolute atomic E-state index is 6.00. The summed E-state index contributed by atoms with van der Waals surface area (Å²) >= 11 is 0. The molecule has 1 aliphatic rings. The molecule has 0 N–H and O–H groups in total. The lowest BCUT2D eigenvalue weighted by molar-refractivity contribution is 0.147. The first-order chi connectivity index (χ1) is 9.68. The van der Waals surface area contributed by atoms with Crippen LogP contribution in [0.5, 0.6) is 5.75 Å². The summed E-state index contributed by atoms with van der Waals surface area (Å²) in [6, 6.07) is 6.46. The summed E-state index contributed by atoms with van der Waals surface area (Å²) < 4.78 is 17.1. The lowest BCUT2D eigenvalue weighted by atomic mass is 9.80. The van der Waals surface area contributed by atoms with Crippen LogP contribution in [0.2, 0.25) is 0 Å². The molecule has 2 rings (SSSR count). The highest BCUT2D eigenvalue weighted by Gasteiger charge is 2.26. The molecule has 0 saturated carbocycles. The first-order valence-electron chi connectivity index (χ1n) is 7.57. The zero-order valence-corrected chi connectivity index (χ0v) is 14.9. The van der Waals surface area contributed by atoms with E-state index in [0.29, 0.717) is 0 Å². The summed E-state index contributed by atoms with van der Waals surface area (Å²) in [5.41, 5.74) is 2.66. The minimum Gasteiger partial charge on any atom is -0.426 e. The van der Waals surface area contributed by atoms with Crippen LogP contribution in [0.15, 0.2) is 18.2 Å². The van der Waals surface area contributed by atoms with Gasteiger partial charge in [0.1, 0.15) is 5.75 Å². The van der Waals surface area contributed by atoms with E-state index < -0.39 is 8.60 Å². The van der Waals surface area contributed by atoms with Gasteiger partial charge in [0, 0.05) is 5.56 Å². The van der Waals surface area contributed by atoms with Gasteiger partial charge in [0.2, 0.25) is 0 Å². The Bertz CT molecular complexity index is 480. The normalized spacial score (nSPS) is 17.8. The molecule has 0 bridgehead atoms. The maximum atomic E-state index is 6.00. The molecular formula is C17H27O3P. The smallest absolute Gasteiger partial charge is 0.397 e. The summed E-state index contributed by atoms with van der Waals surface area (Å²) in [6.45, 7) is 14.7. The zero-order valence-electron chi connectivity index (χ0n) is 14.0. The van der Waals surface area contributed by atoms with Gasteiger partial charge in [-0.05, 0) is 28.9 Å². The third kappa shape index (κ3) is 4.42. The molecule has 1 saturated heterocycles. The molecule has 1 aliphatic heterocycles. The minimum absolute atomic E-state index is 0.0156. The van der Waals surface area contributed by atoms with Gasteiger partial charge >= 0.3 is 8.60 Å². The summed E-state index contributed by atoms with van der Waals surface area (Å²) in [5, 5.41) is 0. The van der Waals surface area contributed by atoms with E-state index in [4.69, 9.17) is 13.6 Å². The van der Waals surface area contributed by atoms with E-state index in [0.717, 1.165) is 25.4 Å². The van der Waals surface area contributed by atoms with Crippen molar-refractivity contribution in [1.29, 1.82) is 0 Å². The average molecular weight is 310 g/mol. The van der Waals surface area contributed by atoms with Gasteiger partial charge in [-0.15, -0.1) is 0 Å². The summed E-state index contributed by atoms with van der Waals surface area (Å²) in [5.74, 6) is 0.878. The molecule has 0 unspecified atom stereocenters. The van der Waals surface area contributed by atoms with E-state index >= 15 is 0 Å². The number of benzene rings is 1. The van der Waals surface area contributed by atoms with Crippen molar-refractivity contribution >= 4 is 8.60 Å². The van der Waals surface area contributed by atoms with Gasteiger partial charge in [-0.3, -0.25) is 0 Å². The molecule has 21 heavy (non-hydrogen) atoms. The molecule has 0 spiro atoms. The van der Waals surface area contributed by atoms with E-state index in [1.807, 2.05) is 0 Å². The minimum atomic E-state index is -1.25. The van der Waals surface area contributed by atoms with Crippen LogP contribution in [-0.2, 0) is 19.9 Å². The van der Waals surface area contributed by atoms with Crippen LogP contribution in [-0.4, -0.2) is 13.2 Å². The first kappa shape index (κ1) is 16.7. The van der Waals surface area contributed by atoms with Crippen molar-refractivity contribution < 1.29 is 13.6 Å². The predicted octanol–water partition coefficient (Wildman–Crippen LogP) is 5.32. The predicted molar refractivity (Wildman–Crippen MR) is 87.9 cm³/mol. The second-order valence-corrected chi connectivity index (χ2v) is 8.69. The Kier molecular flexibility index (Phi) is 4.97. The van der Waals surface area contributed by atoms with E-state index in [1.54, 1.807) is 0 Å². The molecule has 1 fully saturated rings. The van der Waals surface area contributed by atoms with Crippen molar-refractivity contribution in [2.75, 3.05) is 13.2 Å². The van der Waals surface area contributed by atoms with Gasteiger partial charge in [-0.25, -0.2) is 0 Å². The van der Waals surface area contributed by atoms with Crippen molar-refractivity contribution in [1.82, 2.24) is 0 Å². The molecule has 0 atom stereocenters. The fourth-order valence-electron chi connectivity index (χ4n) is 2.17. The number of rotatable bonds is 2. The van der Waals surface area contributed by atoms with Crippen molar-refractivity contribution in [2.24, 2.45) is 0 Å². The van der Waals surface area contributed by atoms with Gasteiger partial charge in [0.05, 0.1) is 13.2 Å². The fourth-order valence-corrected chi connectivity index (χ4v) is 3.23. The van der Waals surface area contributed by atoms with Gasteiger partial charge in [-0.2, -0.15) is 0 Å². The van der Waals surface area contributed by atoms with Crippen LogP contribution in [0, 0.1) is 0 Å². The second-order valence-electron chi connectivity index (χ2n) is 7.55. The van der Waals surface area contributed by atoms with Crippen molar-refractivity contribution in [2.45, 2.75) is 58.8 Å². The van der Waals surface area contributed by atoms with Crippen LogP contribution in [0.1, 0.15) is 59.1 Å². The Morgan fingerprint density at radius 1 is 0.952 bits per heavy atom. The van der Waals surface area contributed by atoms with Gasteiger partial charge < -0.3 is 13.6 Å². The van der Waals surface area contributed by atoms with Gasteiger partial charge in [0.15, 0.2) is 0 Å². The second kappa shape index (κ2) is 6.24. The van der Waals surface area contributed by atoms with E-state index in [1.165, 1.54) is 11.1 Å². The van der Waals surface area contributed by atoms with Crippen LogP contribution < -0.4 is 4.52 Å². The highest BCUT2D eigenvalue weighted by atomic mass is 31.2. The number of hydrogen-bond donors (Lipinski definition) is 0. The largest absolute Gasteiger partial charge is 0.426 e. The number of hydrogen-bond acceptors (Lipinski definition) is 3. The van der Waals surface area contributed by atoms with E-state index in [-0.39, 0.29) is 10.8 Å². The lowest BCUT2D eigenvalue weighted by Crippen LogP contribution is -2.18. The molecule has 0 aliphatic carbocycles. The van der Waals surface area contributed by atoms with Crippen molar-refractivity contribution in [3.05, 3.63) is 29.3 Å². The molecule has 1 aromatic rings. The topological polar surface area (TPSA) is 27.7 Å². The van der Waals surface area contributed by atoms with E-state index in [2.05, 4.69) is 59.7 Å². The van der Waals surface area contributed by atoms with Crippen molar-refractivity contribution in [3.63, 3.8) is 0 Å². The maximum Gasteiger partial charge on any atom is 0.397 e. The Hall–Kier alpha value is -0.630. The third-order valence-corrected chi connectivity index (χ3v) is 4.64. The van der Waals surface area contributed by atoms with Gasteiger partial charge in [-0.1, -0.05) is 53.7 Å². The molecule has 118 valence electrons. The Morgan fingerprint density at radius 2 is 1.57 bits per heavy atom. The zero-order chi connectivity index (χ0) is 15.7. The molecule has 0 aromatic heterocycles. The Morgan fingerprint density at radius 3 is 2.10 bits per heavy atom. The Labute approximate surface area is 130 Å².